The van der Waals surface area contributed by atoms with E-state index in [1.807, 2.05) is 0 Å². The Balaban J connectivity index is 2.58. The van der Waals surface area contributed by atoms with Gasteiger partial charge in [0.25, 0.3) is 0 Å². The Morgan fingerprint density at radius 3 is 1.95 bits per heavy atom. The molecule has 118 valence electrons. The molecule has 1 aliphatic heterocycles. The summed E-state index contributed by atoms with van der Waals surface area (Å²) in [4.78, 5) is 10.8. The van der Waals surface area contributed by atoms with Gasteiger partial charge in [0, 0.05) is 5.41 Å². The van der Waals surface area contributed by atoms with E-state index in [0.717, 1.165) is 0 Å². The number of halogens is 5. The fourth-order valence-corrected chi connectivity index (χ4v) is 1.31. The third-order valence-electron chi connectivity index (χ3n) is 2.70. The van der Waals surface area contributed by atoms with Gasteiger partial charge in [0.15, 0.2) is 5.79 Å². The van der Waals surface area contributed by atoms with Crippen LogP contribution in [-0.4, -0.2) is 43.7 Å². The number of hydrogen-bond donors (Lipinski definition) is 0. The van der Waals surface area contributed by atoms with Gasteiger partial charge in [-0.15, -0.1) is 0 Å². The first-order chi connectivity index (χ1) is 8.79. The molecule has 4 nitrogen and oxygen atoms in total. The van der Waals surface area contributed by atoms with Crippen LogP contribution in [0, 0.1) is 5.41 Å². The van der Waals surface area contributed by atoms with Crippen LogP contribution >= 0.6 is 0 Å². The lowest BCUT2D eigenvalue weighted by Gasteiger charge is -2.40. The maximum absolute atomic E-state index is 12.7. The lowest BCUT2D eigenvalue weighted by molar-refractivity contribution is -0.296. The molecule has 0 aromatic heterocycles. The predicted octanol–water partition coefficient (Wildman–Crippen LogP) is 2.52. The second kappa shape index (κ2) is 5.10. The monoisotopic (exact) mass is 306 g/mol. The van der Waals surface area contributed by atoms with Crippen LogP contribution in [0.25, 0.3) is 0 Å². The van der Waals surface area contributed by atoms with Crippen molar-refractivity contribution in [1.29, 1.82) is 0 Å². The summed E-state index contributed by atoms with van der Waals surface area (Å²) >= 11 is 0. The number of esters is 1. The third-order valence-corrected chi connectivity index (χ3v) is 2.70. The topological polar surface area (TPSA) is 44.8 Å². The standard InChI is InChI=1S/C11H15F5O4/c1-8(2)19-5-9(3,6-20-8)4-18-7(17)10(12,13)11(14,15)16/h4-6H2,1-3H3. The zero-order chi connectivity index (χ0) is 15.8. The molecular weight excluding hydrogens is 291 g/mol. The van der Waals surface area contributed by atoms with Crippen LogP contribution in [0.5, 0.6) is 0 Å². The molecule has 0 unspecified atom stereocenters. The molecule has 20 heavy (non-hydrogen) atoms. The summed E-state index contributed by atoms with van der Waals surface area (Å²) in [6, 6.07) is 0. The van der Waals surface area contributed by atoms with E-state index in [2.05, 4.69) is 4.74 Å². The summed E-state index contributed by atoms with van der Waals surface area (Å²) in [6.07, 6.45) is -5.98. The summed E-state index contributed by atoms with van der Waals surface area (Å²) in [7, 11) is 0. The molecule has 0 saturated carbocycles. The molecule has 9 heteroatoms. The van der Waals surface area contributed by atoms with Crippen molar-refractivity contribution in [1.82, 2.24) is 0 Å². The zero-order valence-corrected chi connectivity index (χ0v) is 11.1. The molecule has 1 saturated heterocycles. The lowest BCUT2D eigenvalue weighted by atomic mass is 9.93. The maximum Gasteiger partial charge on any atom is 0.465 e. The predicted molar refractivity (Wildman–Crippen MR) is 56.1 cm³/mol. The number of hydrogen-bond acceptors (Lipinski definition) is 4. The first-order valence-corrected chi connectivity index (χ1v) is 5.69. The quantitative estimate of drug-likeness (QED) is 0.594. The molecule has 0 aromatic carbocycles. The van der Waals surface area contributed by atoms with E-state index >= 15 is 0 Å². The second-order valence-corrected chi connectivity index (χ2v) is 5.44. The molecule has 1 heterocycles. The fraction of sp³-hybridized carbons (Fsp3) is 0.909. The Morgan fingerprint density at radius 2 is 1.55 bits per heavy atom. The number of carbonyl (C=O) groups is 1. The van der Waals surface area contributed by atoms with E-state index in [1.165, 1.54) is 6.92 Å². The minimum absolute atomic E-state index is 0.00483. The number of alkyl halides is 5. The van der Waals surface area contributed by atoms with Gasteiger partial charge in [-0.25, -0.2) is 4.79 Å². The molecular formula is C11H15F5O4. The van der Waals surface area contributed by atoms with Gasteiger partial charge in [-0.2, -0.15) is 22.0 Å². The van der Waals surface area contributed by atoms with Crippen LogP contribution in [0.1, 0.15) is 20.8 Å². The van der Waals surface area contributed by atoms with Crippen LogP contribution < -0.4 is 0 Å². The van der Waals surface area contributed by atoms with E-state index in [9.17, 15) is 26.7 Å². The zero-order valence-electron chi connectivity index (χ0n) is 11.1. The van der Waals surface area contributed by atoms with Gasteiger partial charge in [0.2, 0.25) is 0 Å². The van der Waals surface area contributed by atoms with Crippen molar-refractivity contribution in [3.63, 3.8) is 0 Å². The molecule has 0 aromatic rings. The van der Waals surface area contributed by atoms with E-state index in [1.54, 1.807) is 13.8 Å². The molecule has 0 radical (unpaired) electrons. The highest BCUT2D eigenvalue weighted by molar-refractivity contribution is 5.78. The molecule has 0 aliphatic carbocycles. The first-order valence-electron chi connectivity index (χ1n) is 5.69. The van der Waals surface area contributed by atoms with Crippen molar-refractivity contribution in [2.45, 2.75) is 38.7 Å². The van der Waals surface area contributed by atoms with Gasteiger partial charge >= 0.3 is 18.1 Å². The van der Waals surface area contributed by atoms with Crippen LogP contribution in [-0.2, 0) is 19.0 Å². The number of ether oxygens (including phenoxy) is 3. The van der Waals surface area contributed by atoms with Gasteiger partial charge in [-0.05, 0) is 13.8 Å². The fourth-order valence-electron chi connectivity index (χ4n) is 1.31. The highest BCUT2D eigenvalue weighted by Gasteiger charge is 2.65. The lowest BCUT2D eigenvalue weighted by Crippen LogP contribution is -2.50. The number of rotatable bonds is 3. The van der Waals surface area contributed by atoms with E-state index in [4.69, 9.17) is 9.47 Å². The summed E-state index contributed by atoms with van der Waals surface area (Å²) in [5, 5.41) is 0. The molecule has 0 spiro atoms. The molecule has 0 atom stereocenters. The van der Waals surface area contributed by atoms with E-state index in [0.29, 0.717) is 0 Å². The second-order valence-electron chi connectivity index (χ2n) is 5.44. The van der Waals surface area contributed by atoms with Gasteiger partial charge in [-0.1, -0.05) is 6.92 Å². The largest absolute Gasteiger partial charge is 0.465 e. The first kappa shape index (κ1) is 17.1. The van der Waals surface area contributed by atoms with Crippen LogP contribution in [0.3, 0.4) is 0 Å². The molecule has 0 N–H and O–H groups in total. The van der Waals surface area contributed by atoms with Crippen molar-refractivity contribution < 1.29 is 41.0 Å². The van der Waals surface area contributed by atoms with E-state index in [-0.39, 0.29) is 13.2 Å². The smallest absolute Gasteiger partial charge is 0.460 e. The summed E-state index contributed by atoms with van der Waals surface area (Å²) in [6.45, 7) is 4.08. The Kier molecular flexibility index (Phi) is 4.36. The van der Waals surface area contributed by atoms with Crippen LogP contribution in [0.15, 0.2) is 0 Å². The van der Waals surface area contributed by atoms with E-state index < -0.39 is 35.9 Å². The molecule has 1 rings (SSSR count). The third kappa shape index (κ3) is 3.78. The Hall–Kier alpha value is -0.960. The van der Waals surface area contributed by atoms with Crippen LogP contribution in [0.2, 0.25) is 0 Å². The molecule has 0 amide bonds. The molecule has 1 aliphatic rings. The van der Waals surface area contributed by atoms with Gasteiger partial charge < -0.3 is 14.2 Å². The van der Waals surface area contributed by atoms with Crippen molar-refractivity contribution in [3.8, 4) is 0 Å². The van der Waals surface area contributed by atoms with Crippen molar-refractivity contribution in [2.75, 3.05) is 19.8 Å². The summed E-state index contributed by atoms with van der Waals surface area (Å²) in [5.41, 5.74) is -0.979. The average Bonchev–Trinajstić information content (AvgIpc) is 2.29. The minimum Gasteiger partial charge on any atom is -0.460 e. The summed E-state index contributed by atoms with van der Waals surface area (Å²) < 4.78 is 75.7. The number of carbonyl (C=O) groups excluding carboxylic acids is 1. The molecule has 0 bridgehead atoms. The highest BCUT2D eigenvalue weighted by atomic mass is 19.4. The average molecular weight is 306 g/mol. The van der Waals surface area contributed by atoms with Crippen LogP contribution in [0.4, 0.5) is 22.0 Å². The van der Waals surface area contributed by atoms with Gasteiger partial charge in [0.1, 0.15) is 6.61 Å². The van der Waals surface area contributed by atoms with Crippen molar-refractivity contribution >= 4 is 5.97 Å². The van der Waals surface area contributed by atoms with Gasteiger partial charge in [-0.3, -0.25) is 0 Å². The molecule has 1 fully saturated rings. The van der Waals surface area contributed by atoms with Crippen molar-refractivity contribution in [2.24, 2.45) is 5.41 Å². The van der Waals surface area contributed by atoms with Crippen molar-refractivity contribution in [3.05, 3.63) is 0 Å². The minimum atomic E-state index is -5.98. The summed E-state index contributed by atoms with van der Waals surface area (Å²) in [5.74, 6) is -9.03. The maximum atomic E-state index is 12.7. The SMILES string of the molecule is CC1(COC(=O)C(F)(F)C(F)(F)F)COC(C)(C)OC1. The Morgan fingerprint density at radius 1 is 1.10 bits per heavy atom. The normalized spacial score (nSPS) is 22.4. The highest BCUT2D eigenvalue weighted by Crippen LogP contribution is 2.37. The Bertz CT molecular complexity index is 367. The Labute approximate surface area is 112 Å². The van der Waals surface area contributed by atoms with Gasteiger partial charge in [0.05, 0.1) is 13.2 Å².